The van der Waals surface area contributed by atoms with Gasteiger partial charge in [0.2, 0.25) is 5.91 Å². The molecule has 1 amide bonds. The Morgan fingerprint density at radius 3 is 2.77 bits per heavy atom. The van der Waals surface area contributed by atoms with Crippen LogP contribution in [0.1, 0.15) is 18.2 Å². The van der Waals surface area contributed by atoms with Crippen LogP contribution in [0.25, 0.3) is 0 Å². The third kappa shape index (κ3) is 3.12. The van der Waals surface area contributed by atoms with Crippen LogP contribution in [0.2, 0.25) is 0 Å². The predicted molar refractivity (Wildman–Crippen MR) is 52.7 cm³/mol. The van der Waals surface area contributed by atoms with Gasteiger partial charge in [0.05, 0.1) is 11.7 Å². The van der Waals surface area contributed by atoms with Gasteiger partial charge in [0, 0.05) is 17.1 Å². The quantitative estimate of drug-likeness (QED) is 0.821. The number of amides is 1. The molecule has 1 atom stereocenters. The second-order valence-corrected chi connectivity index (χ2v) is 3.59. The van der Waals surface area contributed by atoms with Crippen molar-refractivity contribution >= 4 is 21.8 Å². The first kappa shape index (κ1) is 10.1. The Morgan fingerprint density at radius 2 is 2.31 bits per heavy atom. The van der Waals surface area contributed by atoms with Crippen LogP contribution in [0.15, 0.2) is 22.8 Å². The summed E-state index contributed by atoms with van der Waals surface area (Å²) in [6.45, 7) is 0. The molecule has 0 bridgehead atoms. The zero-order chi connectivity index (χ0) is 9.84. The molecule has 1 aromatic heterocycles. The number of carbonyl (C=O) groups excluding carboxylic acids is 1. The van der Waals surface area contributed by atoms with E-state index in [1.165, 1.54) is 0 Å². The van der Waals surface area contributed by atoms with Crippen molar-refractivity contribution in [3.05, 3.63) is 28.5 Å². The third-order valence-electron chi connectivity index (χ3n) is 1.55. The van der Waals surface area contributed by atoms with Crippen molar-refractivity contribution < 1.29 is 4.79 Å². The zero-order valence-corrected chi connectivity index (χ0v) is 8.49. The SMILES string of the molecule is NC(=O)C[C@@H](N)c1ccc(Br)cn1. The topological polar surface area (TPSA) is 82.0 Å². The predicted octanol–water partition coefficient (Wildman–Crippen LogP) is 0.719. The fourth-order valence-electron chi connectivity index (χ4n) is 0.928. The van der Waals surface area contributed by atoms with E-state index in [9.17, 15) is 4.79 Å². The van der Waals surface area contributed by atoms with Crippen LogP contribution < -0.4 is 11.5 Å². The number of nitrogens with two attached hydrogens (primary N) is 2. The number of rotatable bonds is 3. The van der Waals surface area contributed by atoms with E-state index in [1.54, 1.807) is 12.3 Å². The maximum absolute atomic E-state index is 10.6. The van der Waals surface area contributed by atoms with Gasteiger partial charge in [-0.15, -0.1) is 0 Å². The highest BCUT2D eigenvalue weighted by Crippen LogP contribution is 2.13. The molecule has 0 saturated heterocycles. The van der Waals surface area contributed by atoms with Crippen LogP contribution in [0, 0.1) is 0 Å². The molecule has 70 valence electrons. The molecule has 5 heteroatoms. The monoisotopic (exact) mass is 243 g/mol. The van der Waals surface area contributed by atoms with Crippen LogP contribution in [-0.2, 0) is 4.79 Å². The number of pyridine rings is 1. The number of carbonyl (C=O) groups is 1. The Balaban J connectivity index is 2.71. The van der Waals surface area contributed by atoms with Gasteiger partial charge in [0.25, 0.3) is 0 Å². The second-order valence-electron chi connectivity index (χ2n) is 2.68. The summed E-state index contributed by atoms with van der Waals surface area (Å²) >= 11 is 3.25. The minimum atomic E-state index is -0.419. The smallest absolute Gasteiger partial charge is 0.219 e. The third-order valence-corrected chi connectivity index (χ3v) is 2.02. The summed E-state index contributed by atoms with van der Waals surface area (Å²) in [6, 6.07) is 3.17. The lowest BCUT2D eigenvalue weighted by Gasteiger charge is -2.07. The van der Waals surface area contributed by atoms with E-state index in [0.29, 0.717) is 5.69 Å². The molecule has 0 unspecified atom stereocenters. The Hall–Kier alpha value is -0.940. The normalized spacial score (nSPS) is 12.5. The van der Waals surface area contributed by atoms with Gasteiger partial charge in [0.15, 0.2) is 0 Å². The van der Waals surface area contributed by atoms with E-state index in [0.717, 1.165) is 4.47 Å². The highest BCUT2D eigenvalue weighted by molar-refractivity contribution is 9.10. The van der Waals surface area contributed by atoms with Crippen molar-refractivity contribution in [2.24, 2.45) is 11.5 Å². The summed E-state index contributed by atoms with van der Waals surface area (Å²) in [6.07, 6.45) is 1.75. The number of hydrogen-bond acceptors (Lipinski definition) is 3. The maximum Gasteiger partial charge on any atom is 0.219 e. The lowest BCUT2D eigenvalue weighted by Crippen LogP contribution is -2.21. The Labute approximate surface area is 84.5 Å². The molecule has 4 nitrogen and oxygen atoms in total. The molecule has 1 heterocycles. The molecule has 0 aliphatic rings. The number of hydrogen-bond donors (Lipinski definition) is 2. The van der Waals surface area contributed by atoms with E-state index in [-0.39, 0.29) is 6.42 Å². The zero-order valence-electron chi connectivity index (χ0n) is 6.90. The highest BCUT2D eigenvalue weighted by Gasteiger charge is 2.09. The molecule has 4 N–H and O–H groups in total. The molecular formula is C8H10BrN3O. The van der Waals surface area contributed by atoms with Gasteiger partial charge in [0.1, 0.15) is 0 Å². The fraction of sp³-hybridized carbons (Fsp3) is 0.250. The van der Waals surface area contributed by atoms with Gasteiger partial charge in [-0.3, -0.25) is 9.78 Å². The summed E-state index contributed by atoms with van der Waals surface area (Å²) in [5.41, 5.74) is 11.3. The first-order chi connectivity index (χ1) is 6.09. The van der Waals surface area contributed by atoms with Gasteiger partial charge < -0.3 is 11.5 Å². The minimum absolute atomic E-state index is 0.120. The Morgan fingerprint density at radius 1 is 1.62 bits per heavy atom. The van der Waals surface area contributed by atoms with Gasteiger partial charge >= 0.3 is 0 Å². The van der Waals surface area contributed by atoms with Crippen molar-refractivity contribution in [2.45, 2.75) is 12.5 Å². The maximum atomic E-state index is 10.6. The van der Waals surface area contributed by atoms with Crippen molar-refractivity contribution in [1.82, 2.24) is 4.98 Å². The lowest BCUT2D eigenvalue weighted by atomic mass is 10.1. The van der Waals surface area contributed by atoms with Crippen LogP contribution in [0.4, 0.5) is 0 Å². The Kier molecular flexibility index (Phi) is 3.39. The van der Waals surface area contributed by atoms with Crippen molar-refractivity contribution in [1.29, 1.82) is 0 Å². The first-order valence-electron chi connectivity index (χ1n) is 3.75. The summed E-state index contributed by atoms with van der Waals surface area (Å²) in [4.78, 5) is 14.6. The van der Waals surface area contributed by atoms with E-state index in [2.05, 4.69) is 20.9 Å². The highest BCUT2D eigenvalue weighted by atomic mass is 79.9. The van der Waals surface area contributed by atoms with Gasteiger partial charge in [-0.05, 0) is 28.1 Å². The number of nitrogens with zero attached hydrogens (tertiary/aromatic N) is 1. The minimum Gasteiger partial charge on any atom is -0.370 e. The van der Waals surface area contributed by atoms with Gasteiger partial charge in [-0.25, -0.2) is 0 Å². The van der Waals surface area contributed by atoms with E-state index in [1.807, 2.05) is 6.07 Å². The molecule has 1 rings (SSSR count). The molecule has 1 aromatic rings. The average Bonchev–Trinajstić information content (AvgIpc) is 2.04. The molecule has 0 aliphatic carbocycles. The van der Waals surface area contributed by atoms with Crippen LogP contribution in [0.3, 0.4) is 0 Å². The molecule has 0 spiro atoms. The molecule has 0 aromatic carbocycles. The van der Waals surface area contributed by atoms with Crippen molar-refractivity contribution in [3.63, 3.8) is 0 Å². The number of primary amides is 1. The van der Waals surface area contributed by atoms with Crippen LogP contribution in [0.5, 0.6) is 0 Å². The summed E-state index contributed by atoms with van der Waals surface area (Å²) < 4.78 is 0.877. The van der Waals surface area contributed by atoms with Crippen LogP contribution in [-0.4, -0.2) is 10.9 Å². The van der Waals surface area contributed by atoms with Gasteiger partial charge in [-0.2, -0.15) is 0 Å². The summed E-state index contributed by atoms with van der Waals surface area (Å²) in [5.74, 6) is -0.419. The molecule has 0 fully saturated rings. The Bertz CT molecular complexity index is 299. The summed E-state index contributed by atoms with van der Waals surface area (Å²) in [7, 11) is 0. The van der Waals surface area contributed by atoms with Crippen molar-refractivity contribution in [2.75, 3.05) is 0 Å². The van der Waals surface area contributed by atoms with E-state index >= 15 is 0 Å². The first-order valence-corrected chi connectivity index (χ1v) is 4.54. The molecule has 0 saturated carbocycles. The fourth-order valence-corrected chi connectivity index (χ4v) is 1.16. The number of halogens is 1. The van der Waals surface area contributed by atoms with Crippen LogP contribution >= 0.6 is 15.9 Å². The largest absolute Gasteiger partial charge is 0.370 e. The lowest BCUT2D eigenvalue weighted by molar-refractivity contribution is -0.118. The molecule has 0 radical (unpaired) electrons. The molecule has 13 heavy (non-hydrogen) atoms. The summed E-state index contributed by atoms with van der Waals surface area (Å²) in [5, 5.41) is 0. The van der Waals surface area contributed by atoms with Gasteiger partial charge in [-0.1, -0.05) is 0 Å². The van der Waals surface area contributed by atoms with E-state index in [4.69, 9.17) is 11.5 Å². The van der Waals surface area contributed by atoms with Crippen molar-refractivity contribution in [3.8, 4) is 0 Å². The molecule has 0 aliphatic heterocycles. The second kappa shape index (κ2) is 4.34. The molecular weight excluding hydrogens is 234 g/mol. The standard InChI is InChI=1S/C8H10BrN3O/c9-5-1-2-7(12-4-5)6(10)3-8(11)13/h1-2,4,6H,3,10H2,(H2,11,13)/t6-/m1/s1. The van der Waals surface area contributed by atoms with E-state index < -0.39 is 11.9 Å². The number of aromatic nitrogens is 1. The average molecular weight is 244 g/mol.